The maximum Gasteiger partial charge on any atom is 0.329 e. The number of ketones is 3. The molecule has 3 heterocycles. The maximum absolute atomic E-state index is 14.6. The summed E-state index contributed by atoms with van der Waals surface area (Å²) in [6, 6.07) is 4.41. The number of allylic oxidation sites excluding steroid dienone is 7. The van der Waals surface area contributed by atoms with Gasteiger partial charge in [-0.25, -0.2) is 4.79 Å². The van der Waals surface area contributed by atoms with Crippen LogP contribution in [0.2, 0.25) is 0 Å². The van der Waals surface area contributed by atoms with Gasteiger partial charge in [-0.2, -0.15) is 0 Å². The highest BCUT2D eigenvalue weighted by atomic mass is 16.6. The number of fused-ring (bicyclic) bond motifs is 3. The zero-order valence-electron chi connectivity index (χ0n) is 47.1. The zero-order chi connectivity index (χ0) is 55.9. The second-order valence-corrected chi connectivity index (χ2v) is 22.2. The van der Waals surface area contributed by atoms with Crippen molar-refractivity contribution in [2.75, 3.05) is 48.2 Å². The monoisotopic (exact) mass is 1060 g/mol. The molecule has 3 N–H and O–H groups in total. The number of rotatable bonds is 11. The molecule has 1 saturated carbocycles. The number of carbonyl (C=O) groups excluding carboxylic acids is 5. The number of methoxy groups -OCH3 is 4. The molecule has 1 aromatic rings. The largest absolute Gasteiger partial charge is 0.496 e. The fourth-order valence-corrected chi connectivity index (χ4v) is 11.6. The SMILES string of the molecule is COCCOc1ccc([C@@H]2C[C@@H]3CC[C@@H](C)[C@@](O)(O3)C(=O)C(=O)N3CCCC[C@H]3C(=O)O[C@H]([C@H](C)C[C@@H]3CC[C@@H](O)[C@H](OC)C3)CC(=O)[C@H](C)/C=C(\C)[C@@H](O)[C@@H](OC)C(=O)[C@H](C)C[C@H](C)/C=C/C=CC=C2C)c(OC)c1. The molecule has 0 unspecified atom stereocenters. The number of carbonyl (C=O) groups is 5. The molecule has 5 rings (SSSR count). The van der Waals surface area contributed by atoms with Crippen molar-refractivity contribution in [3.8, 4) is 11.5 Å². The Morgan fingerprint density at radius 3 is 2.29 bits per heavy atom. The molecule has 0 radical (unpaired) electrons. The van der Waals surface area contributed by atoms with Gasteiger partial charge in [0.1, 0.15) is 48.2 Å². The number of piperidine rings is 1. The first-order chi connectivity index (χ1) is 36.2. The number of hydrogen-bond acceptors (Lipinski definition) is 15. The zero-order valence-corrected chi connectivity index (χ0v) is 47.1. The Balaban J connectivity index is 1.54. The second-order valence-electron chi connectivity index (χ2n) is 22.2. The van der Waals surface area contributed by atoms with Crippen molar-refractivity contribution in [2.45, 2.75) is 180 Å². The molecule has 3 fully saturated rings. The van der Waals surface area contributed by atoms with Gasteiger partial charge >= 0.3 is 5.97 Å². The number of amides is 1. The molecule has 2 saturated heterocycles. The van der Waals surface area contributed by atoms with Crippen molar-refractivity contribution in [1.29, 1.82) is 0 Å². The van der Waals surface area contributed by atoms with Crippen molar-refractivity contribution in [3.63, 3.8) is 0 Å². The van der Waals surface area contributed by atoms with Crippen LogP contribution in [0.1, 0.15) is 137 Å². The predicted octanol–water partition coefficient (Wildman–Crippen LogP) is 7.98. The van der Waals surface area contributed by atoms with Crippen LogP contribution in [-0.4, -0.2) is 146 Å². The van der Waals surface area contributed by atoms with Crippen LogP contribution in [0.15, 0.2) is 65.8 Å². The highest BCUT2D eigenvalue weighted by molar-refractivity contribution is 6.39. The van der Waals surface area contributed by atoms with Gasteiger partial charge in [-0.3, -0.25) is 19.2 Å². The molecule has 1 aromatic carbocycles. The minimum Gasteiger partial charge on any atom is -0.496 e. The van der Waals surface area contributed by atoms with Gasteiger partial charge in [0.25, 0.3) is 11.7 Å². The van der Waals surface area contributed by atoms with Crippen molar-refractivity contribution in [2.24, 2.45) is 35.5 Å². The number of Topliss-reactive ketones (excluding diaryl/α,β-unsaturated/α-hetero) is 3. The average Bonchev–Trinajstić information content (AvgIpc) is 3.40. The summed E-state index contributed by atoms with van der Waals surface area (Å²) in [5.74, 6) is -7.51. The number of cyclic esters (lactones) is 1. The van der Waals surface area contributed by atoms with Gasteiger partial charge in [0, 0.05) is 69.6 Å². The summed E-state index contributed by atoms with van der Waals surface area (Å²) in [6.45, 7) is 13.5. The van der Waals surface area contributed by atoms with Gasteiger partial charge in [-0.1, -0.05) is 82.7 Å². The first-order valence-corrected chi connectivity index (χ1v) is 27.6. The number of esters is 1. The van der Waals surface area contributed by atoms with Crippen molar-refractivity contribution in [1.82, 2.24) is 4.90 Å². The summed E-state index contributed by atoms with van der Waals surface area (Å²) in [6.07, 6.45) is 11.3. The van der Waals surface area contributed by atoms with Gasteiger partial charge in [0.15, 0.2) is 5.78 Å². The molecule has 3 aliphatic heterocycles. The van der Waals surface area contributed by atoms with Gasteiger partial charge in [-0.15, -0.1) is 0 Å². The molecular formula is C60H89NO15. The lowest BCUT2D eigenvalue weighted by atomic mass is 9.78. The Morgan fingerprint density at radius 2 is 1.59 bits per heavy atom. The van der Waals surface area contributed by atoms with Crippen molar-refractivity contribution in [3.05, 3.63) is 71.4 Å². The lowest BCUT2D eigenvalue weighted by Crippen LogP contribution is -2.60. The molecule has 15 atom stereocenters. The van der Waals surface area contributed by atoms with Crippen LogP contribution in [0.5, 0.6) is 11.5 Å². The quantitative estimate of drug-likeness (QED) is 0.0829. The van der Waals surface area contributed by atoms with E-state index in [-0.39, 0.29) is 60.7 Å². The van der Waals surface area contributed by atoms with E-state index in [1.165, 1.54) is 12.0 Å². The number of nitrogens with zero attached hydrogens (tertiary/aromatic N) is 1. The number of aliphatic hydroxyl groups is 3. The van der Waals surface area contributed by atoms with Gasteiger partial charge in [-0.05, 0) is 114 Å². The maximum atomic E-state index is 14.6. The standard InChI is InChI=1S/C60H89NO15/c1-36-17-13-12-14-18-37(2)47(46-24-23-44(34-52(46)71-9)74-28-27-70-8)33-45-22-20-42(7)60(69,76-45)57(66)58(67)61-26-16-15-19-48(61)59(68)75-51(39(4)31-43-21-25-49(62)53(32-43)72-10)35-50(63)38(3)30-41(6)55(65)56(73-11)54(64)40(5)29-36/h12-14,17-18,23-24,30,34,36,38-40,42-43,45,47-49,51,53,55-56,62,65,69H,15-16,19-22,25-29,31-33,35H2,1-11H3/b14-12?,17-13+,37-18?,41-30+/t36-,38-,39-,40-,42-,43+,45+,47-,48+,49-,51+,53-,55-,56+,60-/m1/s1. The third kappa shape index (κ3) is 16.3. The molecule has 0 aromatic heterocycles. The van der Waals surface area contributed by atoms with E-state index in [2.05, 4.69) is 0 Å². The molecule has 0 spiro atoms. The Bertz CT molecular complexity index is 2240. The summed E-state index contributed by atoms with van der Waals surface area (Å²) in [5, 5.41) is 34.5. The number of benzene rings is 1. The molecule has 4 aliphatic rings. The smallest absolute Gasteiger partial charge is 0.329 e. The molecule has 2 bridgehead atoms. The highest BCUT2D eigenvalue weighted by Gasteiger charge is 2.53. The molecule has 16 nitrogen and oxygen atoms in total. The molecule has 424 valence electrons. The third-order valence-electron chi connectivity index (χ3n) is 16.4. The Labute approximate surface area is 451 Å². The summed E-state index contributed by atoms with van der Waals surface area (Å²) in [7, 11) is 6.12. The highest BCUT2D eigenvalue weighted by Crippen LogP contribution is 2.43. The first kappa shape index (κ1) is 62.3. The fraction of sp³-hybridized carbons (Fsp3) is 0.683. The summed E-state index contributed by atoms with van der Waals surface area (Å²) in [5.41, 5.74) is 2.11. The number of ether oxygens (including phenoxy) is 7. The van der Waals surface area contributed by atoms with E-state index in [0.29, 0.717) is 94.5 Å². The van der Waals surface area contributed by atoms with Gasteiger partial charge in [0.2, 0.25) is 5.79 Å². The first-order valence-electron chi connectivity index (χ1n) is 27.6. The molecule has 16 heteroatoms. The Morgan fingerprint density at radius 1 is 0.842 bits per heavy atom. The summed E-state index contributed by atoms with van der Waals surface area (Å²) >= 11 is 0. The van der Waals surface area contributed by atoms with E-state index in [1.54, 1.807) is 54.2 Å². The van der Waals surface area contributed by atoms with Crippen LogP contribution in [0.4, 0.5) is 0 Å². The minimum atomic E-state index is -2.50. The number of hydrogen-bond donors (Lipinski definition) is 3. The lowest BCUT2D eigenvalue weighted by molar-refractivity contribution is -0.264. The number of aliphatic hydroxyl groups excluding tert-OH is 2. The molecular weight excluding hydrogens is 975 g/mol. The predicted molar refractivity (Wildman–Crippen MR) is 287 cm³/mol. The lowest BCUT2D eigenvalue weighted by Gasteiger charge is -2.43. The van der Waals surface area contributed by atoms with E-state index in [0.717, 1.165) is 11.1 Å². The summed E-state index contributed by atoms with van der Waals surface area (Å²) in [4.78, 5) is 73.2. The van der Waals surface area contributed by atoms with E-state index in [4.69, 9.17) is 33.2 Å². The van der Waals surface area contributed by atoms with Crippen LogP contribution >= 0.6 is 0 Å². The molecule has 1 aliphatic carbocycles. The Hall–Kier alpha value is -4.55. The minimum absolute atomic E-state index is 0.0224. The summed E-state index contributed by atoms with van der Waals surface area (Å²) < 4.78 is 41.0. The fourth-order valence-electron chi connectivity index (χ4n) is 11.6. The third-order valence-corrected chi connectivity index (χ3v) is 16.4. The van der Waals surface area contributed by atoms with Crippen LogP contribution in [-0.2, 0) is 47.7 Å². The van der Waals surface area contributed by atoms with Crippen molar-refractivity contribution < 1.29 is 72.5 Å². The van der Waals surface area contributed by atoms with Crippen LogP contribution < -0.4 is 9.47 Å². The Kier molecular flexibility index (Phi) is 24.1. The van der Waals surface area contributed by atoms with E-state index >= 15 is 0 Å². The molecule has 1 amide bonds. The second kappa shape index (κ2) is 29.4. The average molecular weight is 1060 g/mol. The normalized spacial score (nSPS) is 35.1. The van der Waals surface area contributed by atoms with Gasteiger partial charge in [0.05, 0.1) is 32.0 Å². The van der Waals surface area contributed by atoms with Crippen LogP contribution in [0, 0.1) is 35.5 Å². The van der Waals surface area contributed by atoms with E-state index in [9.17, 15) is 39.3 Å². The van der Waals surface area contributed by atoms with Crippen LogP contribution in [0.3, 0.4) is 0 Å². The van der Waals surface area contributed by atoms with E-state index < -0.39 is 77.8 Å². The van der Waals surface area contributed by atoms with Gasteiger partial charge < -0.3 is 53.4 Å². The topological polar surface area (TPSA) is 214 Å². The van der Waals surface area contributed by atoms with E-state index in [1.807, 2.05) is 70.2 Å². The van der Waals surface area contributed by atoms with Crippen LogP contribution in [0.25, 0.3) is 0 Å². The van der Waals surface area contributed by atoms with Crippen molar-refractivity contribution >= 4 is 29.2 Å². The molecule has 76 heavy (non-hydrogen) atoms.